The molecule has 2 rings (SSSR count). The molecule has 6 heteroatoms. The number of Topliss-reactive ketones (excluding diaryl/α,β-unsaturated/α-hetero) is 1. The first-order valence-electron chi connectivity index (χ1n) is 6.12. The average molecular weight is 421 g/mol. The number of nitrogens with zero attached hydrogens (tertiary/aromatic N) is 2. The molecule has 0 saturated carbocycles. The summed E-state index contributed by atoms with van der Waals surface area (Å²) >= 11 is 12.8. The van der Waals surface area contributed by atoms with Gasteiger partial charge in [0, 0.05) is 22.1 Å². The third kappa shape index (κ3) is 3.15. The zero-order chi connectivity index (χ0) is 14.9. The largest absolute Gasteiger partial charge is 0.294 e. The molecule has 0 radical (unpaired) electrons. The molecule has 0 unspecified atom stereocenters. The number of carbonyl (C=O) groups is 1. The van der Waals surface area contributed by atoms with Crippen LogP contribution in [0.2, 0.25) is 5.02 Å². The van der Waals surface area contributed by atoms with Gasteiger partial charge >= 0.3 is 0 Å². The van der Waals surface area contributed by atoms with Crippen molar-refractivity contribution < 1.29 is 4.79 Å². The van der Waals surface area contributed by atoms with E-state index in [1.807, 2.05) is 14.0 Å². The molecule has 3 nitrogen and oxygen atoms in total. The zero-order valence-corrected chi connectivity index (χ0v) is 15.0. The van der Waals surface area contributed by atoms with Crippen molar-refractivity contribution in [1.82, 2.24) is 9.78 Å². The van der Waals surface area contributed by atoms with Crippen LogP contribution in [-0.2, 0) is 19.9 Å². The Morgan fingerprint density at radius 1 is 1.40 bits per heavy atom. The monoisotopic (exact) mass is 418 g/mol. The second-order valence-corrected chi connectivity index (χ2v) is 6.49. The van der Waals surface area contributed by atoms with Crippen LogP contribution < -0.4 is 0 Å². The van der Waals surface area contributed by atoms with Crippen molar-refractivity contribution in [1.29, 1.82) is 0 Å². The van der Waals surface area contributed by atoms with Crippen LogP contribution in [0.25, 0.3) is 0 Å². The molecule has 1 aromatic carbocycles. The number of hydrogen-bond acceptors (Lipinski definition) is 2. The van der Waals surface area contributed by atoms with Gasteiger partial charge in [0.2, 0.25) is 0 Å². The molecule has 0 N–H and O–H groups in total. The van der Waals surface area contributed by atoms with E-state index in [1.54, 1.807) is 22.9 Å². The molecule has 0 aliphatic carbocycles. The first-order chi connectivity index (χ1) is 9.43. The van der Waals surface area contributed by atoms with Crippen molar-refractivity contribution in [3.05, 3.63) is 49.1 Å². The van der Waals surface area contributed by atoms with Gasteiger partial charge in [0.05, 0.1) is 22.3 Å². The van der Waals surface area contributed by atoms with Gasteiger partial charge in [0.15, 0.2) is 5.78 Å². The molecule has 0 saturated heterocycles. The minimum absolute atomic E-state index is 0.0277. The quantitative estimate of drug-likeness (QED) is 0.679. The Hall–Kier alpha value is -0.650. The van der Waals surface area contributed by atoms with Gasteiger partial charge in [-0.05, 0) is 56.5 Å². The van der Waals surface area contributed by atoms with Gasteiger partial charge in [-0.3, -0.25) is 9.48 Å². The number of carbonyl (C=O) groups excluding carboxylic acids is 1. The van der Waals surface area contributed by atoms with Gasteiger partial charge in [-0.25, -0.2) is 0 Å². The summed E-state index contributed by atoms with van der Waals surface area (Å²) in [7, 11) is 1.85. The minimum atomic E-state index is 0.0277. The van der Waals surface area contributed by atoms with E-state index >= 15 is 0 Å². The van der Waals surface area contributed by atoms with E-state index in [0.29, 0.717) is 21.5 Å². The Balaban J connectivity index is 2.30. The summed E-state index contributed by atoms with van der Waals surface area (Å²) in [6.07, 6.45) is 1.12. The smallest absolute Gasteiger partial charge is 0.169 e. The second kappa shape index (κ2) is 6.41. The van der Waals surface area contributed by atoms with Gasteiger partial charge in [-0.1, -0.05) is 18.5 Å². The highest BCUT2D eigenvalue weighted by molar-refractivity contribution is 9.10. The molecular formula is C14H13Br2ClN2O. The van der Waals surface area contributed by atoms with Crippen LogP contribution in [0.4, 0.5) is 0 Å². The van der Waals surface area contributed by atoms with E-state index < -0.39 is 0 Å². The lowest BCUT2D eigenvalue weighted by Crippen LogP contribution is -2.09. The number of hydrogen-bond donors (Lipinski definition) is 0. The summed E-state index contributed by atoms with van der Waals surface area (Å²) in [5.74, 6) is 0.0277. The minimum Gasteiger partial charge on any atom is -0.294 e. The lowest BCUT2D eigenvalue weighted by Gasteiger charge is -2.05. The fourth-order valence-corrected chi connectivity index (χ4v) is 3.64. The number of benzene rings is 1. The van der Waals surface area contributed by atoms with Crippen LogP contribution in [0.1, 0.15) is 28.7 Å². The summed E-state index contributed by atoms with van der Waals surface area (Å²) in [5.41, 5.74) is 2.47. The number of ketones is 1. The fourth-order valence-electron chi connectivity index (χ4n) is 1.97. The maximum atomic E-state index is 12.4. The standard InChI is InChI=1S/C14H13Br2ClN2O/c1-3-11-14(16)12(19(2)18-11)7-13(20)9-5-4-8(17)6-10(9)15/h4-6H,3,7H2,1-2H3. The normalized spacial score (nSPS) is 10.8. The first-order valence-corrected chi connectivity index (χ1v) is 8.09. The second-order valence-electron chi connectivity index (χ2n) is 4.41. The van der Waals surface area contributed by atoms with Crippen LogP contribution in [0.3, 0.4) is 0 Å². The van der Waals surface area contributed by atoms with E-state index in [0.717, 1.165) is 22.3 Å². The van der Waals surface area contributed by atoms with Crippen molar-refractivity contribution in [2.75, 3.05) is 0 Å². The maximum Gasteiger partial charge on any atom is 0.169 e. The Labute approximate surface area is 139 Å². The number of aryl methyl sites for hydroxylation is 2. The first kappa shape index (κ1) is 15.7. The molecule has 0 bridgehead atoms. The Morgan fingerprint density at radius 2 is 2.10 bits per heavy atom. The Kier molecular flexibility index (Phi) is 5.04. The summed E-state index contributed by atoms with van der Waals surface area (Å²) in [5, 5.41) is 5.00. The highest BCUT2D eigenvalue weighted by Crippen LogP contribution is 2.26. The molecule has 0 spiro atoms. The van der Waals surface area contributed by atoms with E-state index in [-0.39, 0.29) is 5.78 Å². The molecule has 0 aliphatic rings. The van der Waals surface area contributed by atoms with Crippen molar-refractivity contribution in [3.8, 4) is 0 Å². The molecule has 1 heterocycles. The molecule has 0 fully saturated rings. The van der Waals surface area contributed by atoms with E-state index in [1.165, 1.54) is 0 Å². The molecule has 2 aromatic rings. The van der Waals surface area contributed by atoms with E-state index in [2.05, 4.69) is 37.0 Å². The predicted octanol–water partition coefficient (Wildman–Crippen LogP) is 4.59. The van der Waals surface area contributed by atoms with Crippen molar-refractivity contribution in [2.24, 2.45) is 7.05 Å². The van der Waals surface area contributed by atoms with Crippen LogP contribution in [0, 0.1) is 0 Å². The predicted molar refractivity (Wildman–Crippen MR) is 87.5 cm³/mol. The van der Waals surface area contributed by atoms with Gasteiger partial charge in [0.1, 0.15) is 0 Å². The van der Waals surface area contributed by atoms with Crippen LogP contribution >= 0.6 is 43.5 Å². The highest BCUT2D eigenvalue weighted by Gasteiger charge is 2.18. The number of halogens is 3. The van der Waals surface area contributed by atoms with Gasteiger partial charge in [-0.2, -0.15) is 5.10 Å². The molecule has 20 heavy (non-hydrogen) atoms. The molecule has 1 aromatic heterocycles. The van der Waals surface area contributed by atoms with Crippen LogP contribution in [-0.4, -0.2) is 15.6 Å². The average Bonchev–Trinajstić information content (AvgIpc) is 2.66. The number of rotatable bonds is 4. The van der Waals surface area contributed by atoms with Gasteiger partial charge in [0.25, 0.3) is 0 Å². The SMILES string of the molecule is CCc1nn(C)c(CC(=O)c2ccc(Cl)cc2Br)c1Br. The molecule has 106 valence electrons. The maximum absolute atomic E-state index is 12.4. The summed E-state index contributed by atoms with van der Waals surface area (Å²) in [6, 6.07) is 5.18. The van der Waals surface area contributed by atoms with Crippen LogP contribution in [0.15, 0.2) is 27.1 Å². The van der Waals surface area contributed by atoms with E-state index in [4.69, 9.17) is 11.6 Å². The molecule has 0 amide bonds. The zero-order valence-electron chi connectivity index (χ0n) is 11.1. The summed E-state index contributed by atoms with van der Waals surface area (Å²) in [6.45, 7) is 2.04. The topological polar surface area (TPSA) is 34.9 Å². The molecule has 0 atom stereocenters. The highest BCUT2D eigenvalue weighted by atomic mass is 79.9. The third-order valence-electron chi connectivity index (χ3n) is 3.06. The van der Waals surface area contributed by atoms with Crippen molar-refractivity contribution in [3.63, 3.8) is 0 Å². The number of aromatic nitrogens is 2. The third-order valence-corrected chi connectivity index (χ3v) is 4.87. The molecule has 0 aliphatic heterocycles. The lowest BCUT2D eigenvalue weighted by molar-refractivity contribution is 0.0990. The van der Waals surface area contributed by atoms with Crippen molar-refractivity contribution >= 4 is 49.2 Å². The summed E-state index contributed by atoms with van der Waals surface area (Å²) in [4.78, 5) is 12.4. The van der Waals surface area contributed by atoms with Gasteiger partial charge in [-0.15, -0.1) is 0 Å². The van der Waals surface area contributed by atoms with E-state index in [9.17, 15) is 4.79 Å². The summed E-state index contributed by atoms with van der Waals surface area (Å²) < 4.78 is 3.38. The van der Waals surface area contributed by atoms with Gasteiger partial charge < -0.3 is 0 Å². The lowest BCUT2D eigenvalue weighted by atomic mass is 10.1. The van der Waals surface area contributed by atoms with Crippen LogP contribution in [0.5, 0.6) is 0 Å². The molecular weight excluding hydrogens is 407 g/mol. The van der Waals surface area contributed by atoms with Crippen molar-refractivity contribution in [2.45, 2.75) is 19.8 Å². The fraction of sp³-hybridized carbons (Fsp3) is 0.286. The Bertz CT molecular complexity index is 667. The Morgan fingerprint density at radius 3 is 2.65 bits per heavy atom.